The average molecular weight is 539 g/mol. The Bertz CT molecular complexity index is 1350. The molecule has 1 fully saturated rings. The number of ether oxygens (including phenoxy) is 2. The van der Waals surface area contributed by atoms with E-state index in [9.17, 15) is 4.79 Å². The highest BCUT2D eigenvalue weighted by Gasteiger charge is 2.42. The molecule has 0 unspecified atom stereocenters. The maximum Gasteiger partial charge on any atom is 0.170 e. The first-order valence-corrected chi connectivity index (χ1v) is 13.0. The Balaban J connectivity index is 1.35. The van der Waals surface area contributed by atoms with Gasteiger partial charge in [0, 0.05) is 60.7 Å². The van der Waals surface area contributed by atoms with Crippen molar-refractivity contribution in [3.63, 3.8) is 0 Å². The van der Waals surface area contributed by atoms with Gasteiger partial charge in [-0.25, -0.2) is 0 Å². The van der Waals surface area contributed by atoms with E-state index in [1.165, 1.54) is 12.4 Å². The molecule has 37 heavy (non-hydrogen) atoms. The molecule has 7 nitrogen and oxygen atoms in total. The highest BCUT2D eigenvalue weighted by Crippen LogP contribution is 2.40. The van der Waals surface area contributed by atoms with Crippen molar-refractivity contribution in [3.8, 4) is 11.5 Å². The first-order chi connectivity index (χ1) is 17.8. The van der Waals surface area contributed by atoms with Crippen molar-refractivity contribution < 1.29 is 14.3 Å². The van der Waals surface area contributed by atoms with E-state index in [4.69, 9.17) is 43.8 Å². The van der Waals surface area contributed by atoms with Crippen molar-refractivity contribution in [1.82, 2.24) is 9.88 Å². The van der Waals surface area contributed by atoms with E-state index >= 15 is 0 Å². The second-order valence-electron chi connectivity index (χ2n) is 9.52. The van der Waals surface area contributed by atoms with Gasteiger partial charge in [0.25, 0.3) is 0 Å². The van der Waals surface area contributed by atoms with Gasteiger partial charge in [0.05, 0.1) is 27.7 Å². The van der Waals surface area contributed by atoms with Gasteiger partial charge in [-0.05, 0) is 42.9 Å². The minimum atomic E-state index is -0.429. The van der Waals surface area contributed by atoms with Crippen LogP contribution in [0.1, 0.15) is 53.2 Å². The van der Waals surface area contributed by atoms with Gasteiger partial charge in [-0.3, -0.25) is 15.2 Å². The maximum atomic E-state index is 13.2. The molecule has 1 spiro atoms. The number of aromatic nitrogens is 1. The van der Waals surface area contributed by atoms with Crippen LogP contribution < -0.4 is 15.2 Å². The van der Waals surface area contributed by atoms with Gasteiger partial charge >= 0.3 is 0 Å². The minimum absolute atomic E-state index is 0.0528. The Morgan fingerprint density at radius 2 is 1.89 bits per heavy atom. The van der Waals surface area contributed by atoms with Crippen molar-refractivity contribution >= 4 is 40.4 Å². The van der Waals surface area contributed by atoms with Crippen LogP contribution in [0.15, 0.2) is 48.8 Å². The number of likely N-dealkylation sites (tertiary alicyclic amines) is 1. The number of Topliss-reactive ketones (excluding diaryl/α,β-unsaturated/α-hetero) is 1. The summed E-state index contributed by atoms with van der Waals surface area (Å²) in [6, 6.07) is 10.5. The zero-order valence-corrected chi connectivity index (χ0v) is 22.0. The Hall–Kier alpha value is -3.13. The van der Waals surface area contributed by atoms with E-state index in [1.54, 1.807) is 36.4 Å². The summed E-state index contributed by atoms with van der Waals surface area (Å²) in [4.78, 5) is 19.5. The topological polar surface area (TPSA) is 102 Å². The minimum Gasteiger partial charge on any atom is -0.489 e. The van der Waals surface area contributed by atoms with Gasteiger partial charge in [0.2, 0.25) is 0 Å². The number of nitrogen functional groups attached to an aromatic ring is 1. The monoisotopic (exact) mass is 538 g/mol. The zero-order chi connectivity index (χ0) is 26.2. The highest BCUT2D eigenvalue weighted by atomic mass is 35.5. The molecule has 0 aliphatic carbocycles. The third-order valence-electron chi connectivity index (χ3n) is 7.22. The van der Waals surface area contributed by atoms with Crippen LogP contribution in [0.3, 0.4) is 0 Å². The van der Waals surface area contributed by atoms with Gasteiger partial charge in [0.1, 0.15) is 23.7 Å². The van der Waals surface area contributed by atoms with Crippen LogP contribution in [-0.2, 0) is 6.61 Å². The number of ketones is 1. The molecule has 2 aromatic carbocycles. The lowest BCUT2D eigenvalue weighted by Gasteiger charge is -2.43. The number of rotatable bonds is 6. The van der Waals surface area contributed by atoms with Crippen molar-refractivity contribution in [2.75, 3.05) is 25.4 Å². The largest absolute Gasteiger partial charge is 0.489 e. The molecular formula is C28H28Cl2N4O3. The Labute approximate surface area is 226 Å². The van der Waals surface area contributed by atoms with Crippen molar-refractivity contribution in [2.24, 2.45) is 0 Å². The molecule has 192 valence electrons. The Morgan fingerprint density at radius 1 is 1.16 bits per heavy atom. The molecular weight excluding hydrogens is 511 g/mol. The molecule has 2 aliphatic heterocycles. The molecule has 3 N–H and O–H groups in total. The van der Waals surface area contributed by atoms with Gasteiger partial charge in [-0.15, -0.1) is 0 Å². The van der Waals surface area contributed by atoms with E-state index in [1.807, 2.05) is 0 Å². The number of nitrogens with one attached hydrogen (secondary N) is 1. The number of hydrogen-bond donors (Lipinski definition) is 2. The fourth-order valence-electron chi connectivity index (χ4n) is 4.93. The van der Waals surface area contributed by atoms with E-state index in [0.29, 0.717) is 55.9 Å². The smallest absolute Gasteiger partial charge is 0.170 e. The van der Waals surface area contributed by atoms with Crippen LogP contribution in [0.5, 0.6) is 11.5 Å². The lowest BCUT2D eigenvalue weighted by molar-refractivity contribution is -0.00780. The van der Waals surface area contributed by atoms with Gasteiger partial charge in [0.15, 0.2) is 5.78 Å². The molecule has 0 bridgehead atoms. The number of benzene rings is 2. The molecule has 9 heteroatoms. The van der Waals surface area contributed by atoms with Gasteiger partial charge in [-0.1, -0.05) is 30.1 Å². The van der Waals surface area contributed by atoms with Crippen LogP contribution in [0.2, 0.25) is 10.0 Å². The molecule has 0 atom stereocenters. The molecule has 3 heterocycles. The number of anilines is 1. The Kier molecular flexibility index (Phi) is 7.12. The highest BCUT2D eigenvalue weighted by molar-refractivity contribution is 6.35. The summed E-state index contributed by atoms with van der Waals surface area (Å²) >= 11 is 12.4. The number of pyridine rings is 1. The summed E-state index contributed by atoms with van der Waals surface area (Å²) in [7, 11) is 0. The fourth-order valence-corrected chi connectivity index (χ4v) is 5.41. The standard InChI is InChI=1S/C28H28Cl2N4O3/c1-2-34-9-7-28(8-10-34)13-25(35)20-11-17(3-6-26(20)37-28)27(32)19-12-18(4-5-24(19)31)36-16-21-22(29)14-33-15-23(21)30/h3-6,11-12,14-15,32H,2,7-10,13,16,31H2,1H3. The summed E-state index contributed by atoms with van der Waals surface area (Å²) in [5.74, 6) is 1.15. The molecule has 0 saturated carbocycles. The molecule has 0 radical (unpaired) electrons. The summed E-state index contributed by atoms with van der Waals surface area (Å²) in [5, 5.41) is 9.67. The second-order valence-corrected chi connectivity index (χ2v) is 10.3. The number of carbonyl (C=O) groups excluding carboxylic acids is 1. The summed E-state index contributed by atoms with van der Waals surface area (Å²) < 4.78 is 12.3. The van der Waals surface area contributed by atoms with Crippen LogP contribution >= 0.6 is 23.2 Å². The van der Waals surface area contributed by atoms with E-state index in [2.05, 4.69) is 16.8 Å². The van der Waals surface area contributed by atoms with Crippen LogP contribution in [0.4, 0.5) is 5.69 Å². The third-order valence-corrected chi connectivity index (χ3v) is 7.87. The van der Waals surface area contributed by atoms with Crippen molar-refractivity contribution in [3.05, 3.63) is 81.1 Å². The predicted molar refractivity (Wildman–Crippen MR) is 145 cm³/mol. The molecule has 2 aliphatic rings. The van der Waals surface area contributed by atoms with E-state index in [0.717, 1.165) is 32.5 Å². The normalized spacial score (nSPS) is 16.8. The third kappa shape index (κ3) is 5.17. The number of halogens is 2. The number of nitrogens with two attached hydrogens (primary N) is 1. The second kappa shape index (κ2) is 10.3. The van der Waals surface area contributed by atoms with Crippen LogP contribution in [-0.4, -0.2) is 46.6 Å². The van der Waals surface area contributed by atoms with E-state index < -0.39 is 5.60 Å². The maximum absolute atomic E-state index is 13.2. The lowest BCUT2D eigenvalue weighted by atomic mass is 9.82. The fraction of sp³-hybridized carbons (Fsp3) is 0.321. The molecule has 3 aromatic rings. The van der Waals surface area contributed by atoms with Crippen LogP contribution in [0, 0.1) is 5.41 Å². The van der Waals surface area contributed by atoms with Gasteiger partial charge < -0.3 is 20.1 Å². The molecule has 1 saturated heterocycles. The first kappa shape index (κ1) is 25.5. The molecule has 0 amide bonds. The lowest BCUT2D eigenvalue weighted by Crippen LogP contribution is -2.50. The SMILES string of the molecule is CCN1CCC2(CC1)CC(=O)c1cc(C(=N)c3cc(OCc4c(Cl)cncc4Cl)ccc3N)ccc1O2. The first-order valence-electron chi connectivity index (χ1n) is 12.3. The van der Waals surface area contributed by atoms with E-state index in [-0.39, 0.29) is 18.1 Å². The number of fused-ring (bicyclic) bond motifs is 1. The summed E-state index contributed by atoms with van der Waals surface area (Å²) in [6.45, 7) is 5.15. The summed E-state index contributed by atoms with van der Waals surface area (Å²) in [6.07, 6.45) is 5.05. The number of hydrogen-bond acceptors (Lipinski definition) is 7. The van der Waals surface area contributed by atoms with Crippen molar-refractivity contribution in [1.29, 1.82) is 5.41 Å². The summed E-state index contributed by atoms with van der Waals surface area (Å²) in [5.41, 5.74) is 8.63. The number of carbonyl (C=O) groups is 1. The average Bonchev–Trinajstić information content (AvgIpc) is 2.89. The van der Waals surface area contributed by atoms with Crippen molar-refractivity contribution in [2.45, 2.75) is 38.4 Å². The van der Waals surface area contributed by atoms with Gasteiger partial charge in [-0.2, -0.15) is 0 Å². The number of piperidine rings is 1. The molecule has 1 aromatic heterocycles. The number of nitrogens with zero attached hydrogens (tertiary/aromatic N) is 2. The quantitative estimate of drug-likeness (QED) is 0.304. The van der Waals surface area contributed by atoms with Crippen LogP contribution in [0.25, 0.3) is 0 Å². The zero-order valence-electron chi connectivity index (χ0n) is 20.5. The molecule has 5 rings (SSSR count). The predicted octanol–water partition coefficient (Wildman–Crippen LogP) is 5.79. The Morgan fingerprint density at radius 3 is 2.59 bits per heavy atom.